The zero-order valence-corrected chi connectivity index (χ0v) is 17.0. The molecule has 0 aliphatic carbocycles. The van der Waals surface area contributed by atoms with E-state index >= 15 is 0 Å². The normalized spacial score (nSPS) is 11.4. The molecule has 0 radical (unpaired) electrons. The van der Waals surface area contributed by atoms with Crippen LogP contribution in [0.25, 0.3) is 16.7 Å². The molecule has 144 valence electrons. The van der Waals surface area contributed by atoms with E-state index < -0.39 is 0 Å². The van der Waals surface area contributed by atoms with Crippen LogP contribution in [0.5, 0.6) is 0 Å². The maximum atomic E-state index is 12.6. The number of ether oxygens (including phenoxy) is 1. The van der Waals surface area contributed by atoms with E-state index in [1.165, 1.54) is 15.9 Å². The summed E-state index contributed by atoms with van der Waals surface area (Å²) in [6.45, 7) is 5.97. The van der Waals surface area contributed by atoms with E-state index in [0.29, 0.717) is 27.4 Å². The number of thiophene rings is 1. The van der Waals surface area contributed by atoms with Crippen LogP contribution in [0, 0.1) is 13.8 Å². The maximum Gasteiger partial charge on any atom is 0.348 e. The Balaban J connectivity index is 1.72. The average Bonchev–Trinajstić information content (AvgIpc) is 3.27. The average molecular weight is 396 g/mol. The van der Waals surface area contributed by atoms with Crippen LogP contribution in [-0.4, -0.2) is 25.1 Å². The number of aromatic nitrogens is 4. The third-order valence-electron chi connectivity index (χ3n) is 4.88. The highest BCUT2D eigenvalue weighted by atomic mass is 32.1. The van der Waals surface area contributed by atoms with Gasteiger partial charge in [-0.25, -0.2) is 4.79 Å². The van der Waals surface area contributed by atoms with E-state index in [1.807, 2.05) is 38.1 Å². The predicted molar refractivity (Wildman–Crippen MR) is 108 cm³/mol. The number of benzene rings is 1. The fraction of sp³-hybridized carbons (Fsp3) is 0.300. The van der Waals surface area contributed by atoms with Crippen LogP contribution in [0.4, 0.5) is 0 Å². The van der Waals surface area contributed by atoms with E-state index in [2.05, 4.69) is 17.1 Å². The van der Waals surface area contributed by atoms with Gasteiger partial charge in [0.05, 0.1) is 10.9 Å². The minimum absolute atomic E-state index is 0.0282. The van der Waals surface area contributed by atoms with Gasteiger partial charge in [-0.1, -0.05) is 18.6 Å². The third kappa shape index (κ3) is 2.90. The second kappa shape index (κ2) is 6.87. The van der Waals surface area contributed by atoms with Crippen LogP contribution in [0.15, 0.2) is 29.1 Å². The number of nitrogens with zero attached hydrogens (tertiary/aromatic N) is 4. The van der Waals surface area contributed by atoms with Gasteiger partial charge in [-0.15, -0.1) is 21.5 Å². The van der Waals surface area contributed by atoms with Crippen molar-refractivity contribution in [1.29, 1.82) is 0 Å². The second-order valence-corrected chi connectivity index (χ2v) is 8.01. The molecule has 4 aromatic rings. The number of aryl methyl sites for hydroxylation is 4. The van der Waals surface area contributed by atoms with Crippen LogP contribution in [0.1, 0.15) is 38.4 Å². The smallest absolute Gasteiger partial charge is 0.348 e. The maximum absolute atomic E-state index is 12.6. The van der Waals surface area contributed by atoms with Crippen LogP contribution < -0.4 is 5.56 Å². The fourth-order valence-corrected chi connectivity index (χ4v) is 4.33. The first-order valence-electron chi connectivity index (χ1n) is 9.00. The van der Waals surface area contributed by atoms with Crippen molar-refractivity contribution >= 4 is 34.0 Å². The lowest BCUT2D eigenvalue weighted by molar-refractivity contribution is 0.0467. The summed E-state index contributed by atoms with van der Waals surface area (Å²) in [5, 5.41) is 8.85. The van der Waals surface area contributed by atoms with Gasteiger partial charge in [0.2, 0.25) is 5.78 Å². The lowest BCUT2D eigenvalue weighted by Gasteiger charge is -2.08. The molecule has 0 spiro atoms. The topological polar surface area (TPSA) is 78.5 Å². The quantitative estimate of drug-likeness (QED) is 0.495. The number of rotatable bonds is 4. The summed E-state index contributed by atoms with van der Waals surface area (Å²) in [6.07, 6.45) is 0.879. The first-order valence-corrected chi connectivity index (χ1v) is 9.82. The second-order valence-electron chi connectivity index (χ2n) is 6.76. The summed E-state index contributed by atoms with van der Waals surface area (Å²) in [7, 11) is 1.66. The zero-order valence-electron chi connectivity index (χ0n) is 16.1. The number of carbonyl (C=O) groups excluding carboxylic acids is 1. The lowest BCUT2D eigenvalue weighted by Crippen LogP contribution is -2.20. The van der Waals surface area contributed by atoms with Crippen LogP contribution in [-0.2, 0) is 24.8 Å². The molecule has 0 aliphatic rings. The van der Waals surface area contributed by atoms with Gasteiger partial charge in [-0.3, -0.25) is 13.8 Å². The number of carbonyl (C=O) groups is 1. The first kappa shape index (κ1) is 18.4. The van der Waals surface area contributed by atoms with Gasteiger partial charge in [0.1, 0.15) is 4.88 Å². The Bertz CT molecular complexity index is 1280. The summed E-state index contributed by atoms with van der Waals surface area (Å²) in [6, 6.07) is 7.52. The molecule has 0 bridgehead atoms. The van der Waals surface area contributed by atoms with E-state index in [9.17, 15) is 9.59 Å². The molecule has 28 heavy (non-hydrogen) atoms. The van der Waals surface area contributed by atoms with Crippen LogP contribution >= 0.6 is 11.3 Å². The van der Waals surface area contributed by atoms with Gasteiger partial charge in [-0.2, -0.15) is 0 Å². The molecule has 0 fully saturated rings. The molecular formula is C20H20N4O3S. The van der Waals surface area contributed by atoms with E-state index in [-0.39, 0.29) is 18.1 Å². The van der Waals surface area contributed by atoms with E-state index in [0.717, 1.165) is 22.4 Å². The van der Waals surface area contributed by atoms with Crippen molar-refractivity contribution in [1.82, 2.24) is 19.2 Å². The Morgan fingerprint density at radius 2 is 2.00 bits per heavy atom. The molecule has 0 saturated heterocycles. The molecule has 0 atom stereocenters. The van der Waals surface area contributed by atoms with Crippen molar-refractivity contribution < 1.29 is 9.53 Å². The minimum Gasteiger partial charge on any atom is -0.453 e. The van der Waals surface area contributed by atoms with E-state index in [1.54, 1.807) is 11.4 Å². The Morgan fingerprint density at radius 1 is 1.21 bits per heavy atom. The fourth-order valence-electron chi connectivity index (χ4n) is 3.32. The largest absolute Gasteiger partial charge is 0.453 e. The Kier molecular flexibility index (Phi) is 4.50. The summed E-state index contributed by atoms with van der Waals surface area (Å²) in [5.41, 5.74) is 2.70. The van der Waals surface area contributed by atoms with Crippen molar-refractivity contribution in [2.45, 2.75) is 33.8 Å². The highest BCUT2D eigenvalue weighted by Crippen LogP contribution is 2.23. The summed E-state index contributed by atoms with van der Waals surface area (Å²) in [4.78, 5) is 26.8. The standard InChI is InChI=1S/C20H20N4O3S/c1-5-13-9-16(28-12(13)3)19(26)27-10-17-21-22-20-23(4)18(25)14-8-11(2)6-7-15(14)24(17)20/h6-9H,5,10H2,1-4H3. The minimum atomic E-state index is -0.380. The van der Waals surface area contributed by atoms with Gasteiger partial charge >= 0.3 is 5.97 Å². The number of fused-ring (bicyclic) bond motifs is 3. The molecule has 4 rings (SSSR count). The first-order chi connectivity index (χ1) is 13.4. The molecular weight excluding hydrogens is 376 g/mol. The SMILES string of the molecule is CCc1cc(C(=O)OCc2nnc3n(C)c(=O)c4cc(C)ccc4n23)sc1C. The van der Waals surface area contributed by atoms with Gasteiger partial charge in [0.15, 0.2) is 12.4 Å². The van der Waals surface area contributed by atoms with Gasteiger partial charge < -0.3 is 4.74 Å². The third-order valence-corrected chi connectivity index (χ3v) is 5.95. The molecule has 0 amide bonds. The van der Waals surface area contributed by atoms with Crippen molar-refractivity contribution in [2.75, 3.05) is 0 Å². The highest BCUT2D eigenvalue weighted by molar-refractivity contribution is 7.14. The predicted octanol–water partition coefficient (Wildman–Crippen LogP) is 3.18. The molecule has 1 aromatic carbocycles. The van der Waals surface area contributed by atoms with Gasteiger partial charge in [-0.05, 0) is 44.0 Å². The van der Waals surface area contributed by atoms with Crippen LogP contribution in [0.2, 0.25) is 0 Å². The highest BCUT2D eigenvalue weighted by Gasteiger charge is 2.18. The number of esters is 1. The van der Waals surface area contributed by atoms with Gasteiger partial charge in [0.25, 0.3) is 5.56 Å². The van der Waals surface area contributed by atoms with Crippen molar-refractivity contribution in [3.05, 3.63) is 61.3 Å². The van der Waals surface area contributed by atoms with Crippen molar-refractivity contribution in [3.63, 3.8) is 0 Å². The van der Waals surface area contributed by atoms with Crippen LogP contribution in [0.3, 0.4) is 0 Å². The molecule has 0 unspecified atom stereocenters. The Hall–Kier alpha value is -3.00. The monoisotopic (exact) mass is 396 g/mol. The molecule has 0 saturated carbocycles. The van der Waals surface area contributed by atoms with Crippen molar-refractivity contribution in [2.24, 2.45) is 7.05 Å². The molecule has 3 heterocycles. The summed E-state index contributed by atoms with van der Waals surface area (Å²) < 4.78 is 8.72. The molecule has 8 heteroatoms. The van der Waals surface area contributed by atoms with Gasteiger partial charge in [0, 0.05) is 11.9 Å². The molecule has 7 nitrogen and oxygen atoms in total. The molecule has 0 N–H and O–H groups in total. The summed E-state index contributed by atoms with van der Waals surface area (Å²) >= 11 is 1.43. The number of hydrogen-bond donors (Lipinski definition) is 0. The molecule has 3 aromatic heterocycles. The molecule has 0 aliphatic heterocycles. The Morgan fingerprint density at radius 3 is 2.71 bits per heavy atom. The number of hydrogen-bond acceptors (Lipinski definition) is 6. The zero-order chi connectivity index (χ0) is 20.0. The lowest BCUT2D eigenvalue weighted by atomic mass is 10.1. The van der Waals surface area contributed by atoms with E-state index in [4.69, 9.17) is 4.74 Å². The Labute approximate surface area is 165 Å². The summed E-state index contributed by atoms with van der Waals surface area (Å²) in [5.74, 6) is 0.499. The van der Waals surface area contributed by atoms with Crippen molar-refractivity contribution in [3.8, 4) is 0 Å².